The molecule has 0 bridgehead atoms. The molecule has 3 aliphatic heterocycles. The van der Waals surface area contributed by atoms with Crippen LogP contribution in [0.5, 0.6) is 0 Å². The van der Waals surface area contributed by atoms with E-state index in [2.05, 4.69) is 5.32 Å². The molecule has 0 radical (unpaired) electrons. The molecule has 0 spiro atoms. The van der Waals surface area contributed by atoms with Crippen molar-refractivity contribution in [1.82, 2.24) is 15.1 Å². The van der Waals surface area contributed by atoms with E-state index in [1.54, 1.807) is 0 Å². The Hall–Kier alpha value is -0.810. The number of nitrogens with zero attached hydrogens (tertiary/aromatic N) is 2. The van der Waals surface area contributed by atoms with Gasteiger partial charge in [-0.15, -0.1) is 12.4 Å². The fourth-order valence-corrected chi connectivity index (χ4v) is 4.00. The van der Waals surface area contributed by atoms with Gasteiger partial charge in [0.2, 0.25) is 11.8 Å². The molecule has 132 valence electrons. The van der Waals surface area contributed by atoms with E-state index in [1.807, 2.05) is 9.80 Å². The van der Waals surface area contributed by atoms with Gasteiger partial charge in [-0.2, -0.15) is 0 Å². The molecule has 1 atom stereocenters. The summed E-state index contributed by atoms with van der Waals surface area (Å²) >= 11 is 0. The minimum absolute atomic E-state index is 0. The summed E-state index contributed by atoms with van der Waals surface area (Å²) in [5, 5.41) is 3.40. The minimum atomic E-state index is 0. The predicted molar refractivity (Wildman–Crippen MR) is 92.6 cm³/mol. The third-order valence-corrected chi connectivity index (χ3v) is 5.47. The van der Waals surface area contributed by atoms with Crippen LogP contribution in [0.2, 0.25) is 0 Å². The minimum Gasteiger partial charge on any atom is -0.343 e. The summed E-state index contributed by atoms with van der Waals surface area (Å²) in [6.07, 6.45) is 7.96. The molecule has 3 rings (SSSR count). The molecule has 6 heteroatoms. The number of carbonyl (C=O) groups is 2. The lowest BCUT2D eigenvalue weighted by molar-refractivity contribution is -0.134. The maximum Gasteiger partial charge on any atom is 0.224 e. The normalized spacial score (nSPS) is 25.5. The number of hydrogen-bond donors (Lipinski definition) is 1. The summed E-state index contributed by atoms with van der Waals surface area (Å²) in [7, 11) is 0. The third-order valence-electron chi connectivity index (χ3n) is 5.47. The number of nitrogens with one attached hydrogen (secondary N) is 1. The van der Waals surface area contributed by atoms with Crippen LogP contribution >= 0.6 is 12.4 Å². The number of likely N-dealkylation sites (tertiary alicyclic amines) is 2. The van der Waals surface area contributed by atoms with Crippen molar-refractivity contribution >= 4 is 24.2 Å². The monoisotopic (exact) mass is 343 g/mol. The lowest BCUT2D eigenvalue weighted by Crippen LogP contribution is -2.42. The molecule has 2 amide bonds. The average molecular weight is 344 g/mol. The van der Waals surface area contributed by atoms with Crippen molar-refractivity contribution in [1.29, 1.82) is 0 Å². The van der Waals surface area contributed by atoms with Crippen molar-refractivity contribution in [3.8, 4) is 0 Å². The molecule has 0 saturated carbocycles. The molecular weight excluding hydrogens is 314 g/mol. The Morgan fingerprint density at radius 1 is 0.826 bits per heavy atom. The first-order valence-corrected chi connectivity index (χ1v) is 9.01. The van der Waals surface area contributed by atoms with Gasteiger partial charge in [-0.3, -0.25) is 9.59 Å². The van der Waals surface area contributed by atoms with Gasteiger partial charge in [0.1, 0.15) is 0 Å². The average Bonchev–Trinajstić information content (AvgIpc) is 3.21. The van der Waals surface area contributed by atoms with Crippen LogP contribution in [-0.4, -0.2) is 60.4 Å². The molecule has 0 aliphatic carbocycles. The van der Waals surface area contributed by atoms with Crippen molar-refractivity contribution in [2.75, 3.05) is 32.7 Å². The second kappa shape index (κ2) is 8.88. The number of rotatable bonds is 4. The first kappa shape index (κ1) is 18.5. The molecular formula is C17H30ClN3O2. The summed E-state index contributed by atoms with van der Waals surface area (Å²) < 4.78 is 0. The Bertz CT molecular complexity index is 399. The van der Waals surface area contributed by atoms with E-state index < -0.39 is 0 Å². The van der Waals surface area contributed by atoms with Crippen LogP contribution in [0.15, 0.2) is 0 Å². The molecule has 3 heterocycles. The Morgan fingerprint density at radius 2 is 1.43 bits per heavy atom. The lowest BCUT2D eigenvalue weighted by atomic mass is 9.92. The van der Waals surface area contributed by atoms with Gasteiger partial charge in [-0.05, 0) is 51.0 Å². The Labute approximate surface area is 145 Å². The van der Waals surface area contributed by atoms with E-state index in [4.69, 9.17) is 0 Å². The van der Waals surface area contributed by atoms with Crippen LogP contribution in [0, 0.1) is 5.92 Å². The SMILES string of the molecule is Cl.O=C(CC1CCN(C(=O)CC2CCCN2)CC1)N1CCCC1. The number of hydrogen-bond acceptors (Lipinski definition) is 3. The fourth-order valence-electron chi connectivity index (χ4n) is 4.00. The highest BCUT2D eigenvalue weighted by Gasteiger charge is 2.28. The largest absolute Gasteiger partial charge is 0.343 e. The van der Waals surface area contributed by atoms with Crippen LogP contribution in [0.4, 0.5) is 0 Å². The van der Waals surface area contributed by atoms with Crippen LogP contribution in [0.3, 0.4) is 0 Å². The Kier molecular flexibility index (Phi) is 7.15. The zero-order valence-electron chi connectivity index (χ0n) is 14.0. The van der Waals surface area contributed by atoms with Crippen LogP contribution in [0.1, 0.15) is 51.4 Å². The van der Waals surface area contributed by atoms with Gasteiger partial charge in [-0.1, -0.05) is 0 Å². The Balaban J connectivity index is 0.00000192. The highest BCUT2D eigenvalue weighted by molar-refractivity contribution is 5.85. The molecule has 1 unspecified atom stereocenters. The van der Waals surface area contributed by atoms with Crippen molar-refractivity contribution in [3.63, 3.8) is 0 Å². The highest BCUT2D eigenvalue weighted by Crippen LogP contribution is 2.23. The molecule has 5 nitrogen and oxygen atoms in total. The van der Waals surface area contributed by atoms with E-state index in [-0.39, 0.29) is 12.4 Å². The smallest absolute Gasteiger partial charge is 0.224 e. The molecule has 3 aliphatic rings. The van der Waals surface area contributed by atoms with E-state index in [1.165, 1.54) is 6.42 Å². The van der Waals surface area contributed by atoms with Crippen molar-refractivity contribution in [2.24, 2.45) is 5.92 Å². The highest BCUT2D eigenvalue weighted by atomic mass is 35.5. The lowest BCUT2D eigenvalue weighted by Gasteiger charge is -2.33. The van der Waals surface area contributed by atoms with E-state index in [0.717, 1.165) is 64.8 Å². The van der Waals surface area contributed by atoms with Crippen molar-refractivity contribution < 1.29 is 9.59 Å². The van der Waals surface area contributed by atoms with Crippen LogP contribution in [-0.2, 0) is 9.59 Å². The number of amides is 2. The first-order chi connectivity index (χ1) is 10.7. The zero-order chi connectivity index (χ0) is 15.4. The summed E-state index contributed by atoms with van der Waals surface area (Å²) in [5.74, 6) is 1.10. The van der Waals surface area contributed by atoms with Gasteiger partial charge in [0.25, 0.3) is 0 Å². The maximum absolute atomic E-state index is 12.3. The molecule has 0 aromatic carbocycles. The van der Waals surface area contributed by atoms with Gasteiger partial charge >= 0.3 is 0 Å². The number of piperidine rings is 1. The summed E-state index contributed by atoms with van der Waals surface area (Å²) in [6, 6.07) is 0.391. The van der Waals surface area contributed by atoms with Gasteiger partial charge in [-0.25, -0.2) is 0 Å². The summed E-state index contributed by atoms with van der Waals surface area (Å²) in [6.45, 7) is 4.63. The van der Waals surface area contributed by atoms with E-state index in [0.29, 0.717) is 36.6 Å². The number of carbonyl (C=O) groups excluding carboxylic acids is 2. The molecule has 3 saturated heterocycles. The molecule has 0 aromatic heterocycles. The maximum atomic E-state index is 12.3. The molecule has 23 heavy (non-hydrogen) atoms. The van der Waals surface area contributed by atoms with Crippen LogP contribution in [0.25, 0.3) is 0 Å². The second-order valence-corrected chi connectivity index (χ2v) is 7.11. The predicted octanol–water partition coefficient (Wildman–Crippen LogP) is 1.80. The van der Waals surface area contributed by atoms with Crippen molar-refractivity contribution in [2.45, 2.75) is 57.4 Å². The van der Waals surface area contributed by atoms with E-state index >= 15 is 0 Å². The van der Waals surface area contributed by atoms with Crippen LogP contribution < -0.4 is 5.32 Å². The second-order valence-electron chi connectivity index (χ2n) is 7.11. The first-order valence-electron chi connectivity index (χ1n) is 9.01. The summed E-state index contributed by atoms with van der Waals surface area (Å²) in [5.41, 5.74) is 0. The van der Waals surface area contributed by atoms with E-state index in [9.17, 15) is 9.59 Å². The van der Waals surface area contributed by atoms with Gasteiger partial charge in [0.05, 0.1) is 0 Å². The Morgan fingerprint density at radius 3 is 2.04 bits per heavy atom. The van der Waals surface area contributed by atoms with Gasteiger partial charge in [0.15, 0.2) is 0 Å². The quantitative estimate of drug-likeness (QED) is 0.847. The van der Waals surface area contributed by atoms with Gasteiger partial charge < -0.3 is 15.1 Å². The standard InChI is InChI=1S/C17H29N3O2.ClH/c21-16(19-8-1-2-9-19)12-14-5-10-20(11-6-14)17(22)13-15-4-3-7-18-15;/h14-15,18H,1-13H2;1H. The fraction of sp³-hybridized carbons (Fsp3) is 0.882. The molecule has 1 N–H and O–H groups in total. The van der Waals surface area contributed by atoms with Gasteiger partial charge in [0, 0.05) is 45.1 Å². The molecule has 0 aromatic rings. The number of halogens is 1. The topological polar surface area (TPSA) is 52.7 Å². The molecule has 3 fully saturated rings. The summed E-state index contributed by atoms with van der Waals surface area (Å²) in [4.78, 5) is 28.5. The van der Waals surface area contributed by atoms with Crippen molar-refractivity contribution in [3.05, 3.63) is 0 Å². The zero-order valence-corrected chi connectivity index (χ0v) is 14.8. The third kappa shape index (κ3) is 5.08.